The Morgan fingerprint density at radius 1 is 1.29 bits per heavy atom. The second-order valence-corrected chi connectivity index (χ2v) is 5.64. The van der Waals surface area contributed by atoms with E-state index in [1.165, 1.54) is 0 Å². The van der Waals surface area contributed by atoms with Crippen LogP contribution in [0.15, 0.2) is 6.07 Å². The quantitative estimate of drug-likeness (QED) is 0.849. The van der Waals surface area contributed by atoms with Gasteiger partial charge < -0.3 is 5.32 Å². The van der Waals surface area contributed by atoms with Crippen LogP contribution in [0.25, 0.3) is 0 Å². The van der Waals surface area contributed by atoms with Crippen molar-refractivity contribution in [1.29, 1.82) is 0 Å². The van der Waals surface area contributed by atoms with Gasteiger partial charge in [-0.2, -0.15) is 0 Å². The number of hydrogen-bond donors (Lipinski definition) is 1. The molecule has 0 aromatic carbocycles. The van der Waals surface area contributed by atoms with Gasteiger partial charge in [-0.3, -0.25) is 0 Å². The Kier molecular flexibility index (Phi) is 4.49. The van der Waals surface area contributed by atoms with Crippen molar-refractivity contribution in [3.8, 4) is 0 Å². The third-order valence-corrected chi connectivity index (χ3v) is 3.54. The molecule has 0 fully saturated rings. The number of anilines is 1. The summed E-state index contributed by atoms with van der Waals surface area (Å²) in [5, 5.41) is 3.43. The summed E-state index contributed by atoms with van der Waals surface area (Å²) >= 11 is 0. The van der Waals surface area contributed by atoms with Crippen LogP contribution < -0.4 is 5.32 Å². The number of aromatic nitrogens is 2. The van der Waals surface area contributed by atoms with E-state index in [9.17, 15) is 0 Å². The summed E-state index contributed by atoms with van der Waals surface area (Å²) in [5.41, 5.74) is 1.37. The lowest BCUT2D eigenvalue weighted by molar-refractivity contribution is 0.269. The van der Waals surface area contributed by atoms with Crippen LogP contribution in [0.4, 0.5) is 5.82 Å². The molecular formula is C14H25N3. The molecule has 0 aliphatic rings. The zero-order valence-corrected chi connectivity index (χ0v) is 12.0. The van der Waals surface area contributed by atoms with Gasteiger partial charge in [0, 0.05) is 18.3 Å². The first-order valence-electron chi connectivity index (χ1n) is 6.43. The van der Waals surface area contributed by atoms with Crippen LogP contribution in [0.5, 0.6) is 0 Å². The monoisotopic (exact) mass is 235 g/mol. The summed E-state index contributed by atoms with van der Waals surface area (Å²) in [5.74, 6) is 2.43. The molecule has 1 rings (SSSR count). The summed E-state index contributed by atoms with van der Waals surface area (Å²) in [6.07, 6.45) is 0.950. The minimum absolute atomic E-state index is 0.269. The molecule has 1 aromatic heterocycles. The smallest absolute Gasteiger partial charge is 0.129 e. The van der Waals surface area contributed by atoms with E-state index >= 15 is 0 Å². The number of hydrogen-bond acceptors (Lipinski definition) is 3. The van der Waals surface area contributed by atoms with Crippen LogP contribution in [-0.4, -0.2) is 16.5 Å². The first-order valence-corrected chi connectivity index (χ1v) is 6.43. The Labute approximate surface area is 105 Å². The van der Waals surface area contributed by atoms with Crippen molar-refractivity contribution in [2.75, 3.05) is 11.9 Å². The van der Waals surface area contributed by atoms with Gasteiger partial charge in [-0.1, -0.05) is 34.6 Å². The molecule has 0 amide bonds. The Bertz CT molecular complexity index is 370. The van der Waals surface area contributed by atoms with Gasteiger partial charge in [0.2, 0.25) is 0 Å². The molecule has 0 aliphatic heterocycles. The van der Waals surface area contributed by atoms with Gasteiger partial charge in [-0.15, -0.1) is 0 Å². The van der Waals surface area contributed by atoms with Gasteiger partial charge in [0.05, 0.1) is 0 Å². The van der Waals surface area contributed by atoms with E-state index in [-0.39, 0.29) is 5.41 Å². The molecule has 17 heavy (non-hydrogen) atoms. The van der Waals surface area contributed by atoms with E-state index in [2.05, 4.69) is 49.9 Å². The fourth-order valence-electron chi connectivity index (χ4n) is 1.42. The average molecular weight is 235 g/mol. The zero-order chi connectivity index (χ0) is 13.1. The second-order valence-electron chi connectivity index (χ2n) is 5.64. The van der Waals surface area contributed by atoms with E-state index in [0.29, 0.717) is 5.92 Å². The first-order chi connectivity index (χ1) is 7.85. The largest absolute Gasteiger partial charge is 0.369 e. The van der Waals surface area contributed by atoms with Crippen LogP contribution >= 0.6 is 0 Å². The van der Waals surface area contributed by atoms with Crippen molar-refractivity contribution in [2.24, 2.45) is 11.3 Å². The minimum Gasteiger partial charge on any atom is -0.369 e. The molecule has 0 atom stereocenters. The summed E-state index contributed by atoms with van der Waals surface area (Å²) in [4.78, 5) is 8.80. The van der Waals surface area contributed by atoms with Crippen molar-refractivity contribution in [3.63, 3.8) is 0 Å². The SMILES string of the molecule is CCc1cc(NCC(C)(C)C(C)C)nc(C)n1. The third-order valence-electron chi connectivity index (χ3n) is 3.54. The van der Waals surface area contributed by atoms with Crippen LogP contribution in [0.1, 0.15) is 46.1 Å². The standard InChI is InChI=1S/C14H25N3/c1-7-12-8-13(17-11(4)16-12)15-9-14(5,6)10(2)3/h8,10H,7,9H2,1-6H3,(H,15,16,17). The lowest BCUT2D eigenvalue weighted by atomic mass is 9.81. The van der Waals surface area contributed by atoms with Crippen molar-refractivity contribution in [1.82, 2.24) is 9.97 Å². The lowest BCUT2D eigenvalue weighted by Gasteiger charge is -2.29. The van der Waals surface area contributed by atoms with Gasteiger partial charge in [0.25, 0.3) is 0 Å². The maximum atomic E-state index is 4.42. The van der Waals surface area contributed by atoms with E-state index in [1.807, 2.05) is 13.0 Å². The molecule has 0 radical (unpaired) electrons. The highest BCUT2D eigenvalue weighted by molar-refractivity contribution is 5.36. The molecule has 3 heteroatoms. The molecule has 1 heterocycles. The Hall–Kier alpha value is -1.12. The molecule has 1 N–H and O–H groups in total. The molecule has 0 bridgehead atoms. The van der Waals surface area contributed by atoms with Crippen molar-refractivity contribution < 1.29 is 0 Å². The minimum atomic E-state index is 0.269. The molecule has 0 unspecified atom stereocenters. The topological polar surface area (TPSA) is 37.8 Å². The predicted octanol–water partition coefficient (Wildman–Crippen LogP) is 3.44. The molecule has 96 valence electrons. The third kappa shape index (κ3) is 3.99. The maximum absolute atomic E-state index is 4.42. The van der Waals surface area contributed by atoms with Crippen LogP contribution in [-0.2, 0) is 6.42 Å². The van der Waals surface area contributed by atoms with E-state index < -0.39 is 0 Å². The number of nitrogens with zero attached hydrogens (tertiary/aromatic N) is 2. The van der Waals surface area contributed by atoms with Crippen LogP contribution in [0.2, 0.25) is 0 Å². The van der Waals surface area contributed by atoms with Gasteiger partial charge in [-0.25, -0.2) is 9.97 Å². The highest BCUT2D eigenvalue weighted by atomic mass is 15.0. The Morgan fingerprint density at radius 2 is 1.94 bits per heavy atom. The van der Waals surface area contributed by atoms with Gasteiger partial charge in [0.15, 0.2) is 0 Å². The maximum Gasteiger partial charge on any atom is 0.129 e. The van der Waals surface area contributed by atoms with Crippen LogP contribution in [0.3, 0.4) is 0 Å². The summed E-state index contributed by atoms with van der Waals surface area (Å²) < 4.78 is 0. The molecule has 0 saturated heterocycles. The summed E-state index contributed by atoms with van der Waals surface area (Å²) in [6.45, 7) is 14.1. The highest BCUT2D eigenvalue weighted by Crippen LogP contribution is 2.26. The Balaban J connectivity index is 2.72. The highest BCUT2D eigenvalue weighted by Gasteiger charge is 2.22. The van der Waals surface area contributed by atoms with Gasteiger partial charge in [-0.05, 0) is 24.7 Å². The number of rotatable bonds is 5. The average Bonchev–Trinajstić information content (AvgIpc) is 2.25. The second kappa shape index (κ2) is 5.48. The Morgan fingerprint density at radius 3 is 2.47 bits per heavy atom. The van der Waals surface area contributed by atoms with Gasteiger partial charge >= 0.3 is 0 Å². The first kappa shape index (κ1) is 13.9. The molecule has 0 saturated carbocycles. The van der Waals surface area contributed by atoms with Crippen molar-refractivity contribution in [3.05, 3.63) is 17.6 Å². The van der Waals surface area contributed by atoms with E-state index in [4.69, 9.17) is 0 Å². The van der Waals surface area contributed by atoms with Crippen molar-refractivity contribution >= 4 is 5.82 Å². The molecule has 1 aromatic rings. The number of aryl methyl sites for hydroxylation is 2. The molecule has 0 spiro atoms. The lowest BCUT2D eigenvalue weighted by Crippen LogP contribution is -2.28. The summed E-state index contributed by atoms with van der Waals surface area (Å²) in [6, 6.07) is 2.05. The van der Waals surface area contributed by atoms with Crippen LogP contribution in [0, 0.1) is 18.3 Å². The molecule has 0 aliphatic carbocycles. The fourth-order valence-corrected chi connectivity index (χ4v) is 1.42. The van der Waals surface area contributed by atoms with E-state index in [0.717, 1.165) is 30.3 Å². The van der Waals surface area contributed by atoms with E-state index in [1.54, 1.807) is 0 Å². The molecule has 3 nitrogen and oxygen atoms in total. The van der Waals surface area contributed by atoms with Crippen molar-refractivity contribution in [2.45, 2.75) is 48.0 Å². The number of nitrogens with one attached hydrogen (secondary N) is 1. The molecular weight excluding hydrogens is 210 g/mol. The normalized spacial score (nSPS) is 11.9. The zero-order valence-electron chi connectivity index (χ0n) is 12.0. The summed E-state index contributed by atoms with van der Waals surface area (Å²) in [7, 11) is 0. The van der Waals surface area contributed by atoms with Gasteiger partial charge in [0.1, 0.15) is 11.6 Å². The predicted molar refractivity (Wildman–Crippen MR) is 73.3 cm³/mol. The fraction of sp³-hybridized carbons (Fsp3) is 0.714.